The minimum Gasteiger partial charge on any atom is -0.368 e. The largest absolute Gasteiger partial charge is 0.368 e. The van der Waals surface area contributed by atoms with E-state index in [9.17, 15) is 0 Å². The molecule has 24 heavy (non-hydrogen) atoms. The van der Waals surface area contributed by atoms with Gasteiger partial charge in [-0.05, 0) is 12.1 Å². The maximum Gasteiger partial charge on any atom is 0.165 e. The highest BCUT2D eigenvalue weighted by Crippen LogP contribution is 2.23. The van der Waals surface area contributed by atoms with Crippen molar-refractivity contribution in [2.45, 2.75) is 12.2 Å². The van der Waals surface area contributed by atoms with E-state index in [1.165, 1.54) is 0 Å². The molecule has 2 aromatic heterocycles. The summed E-state index contributed by atoms with van der Waals surface area (Å²) < 4.78 is 11.6. The van der Waals surface area contributed by atoms with Crippen LogP contribution < -0.4 is 10.6 Å². The van der Waals surface area contributed by atoms with Gasteiger partial charge in [0.1, 0.15) is 12.2 Å². The van der Waals surface area contributed by atoms with Gasteiger partial charge in [-0.2, -0.15) is 0 Å². The van der Waals surface area contributed by atoms with E-state index < -0.39 is 0 Å². The first kappa shape index (κ1) is 15.5. The van der Waals surface area contributed by atoms with Gasteiger partial charge in [0.15, 0.2) is 17.5 Å². The summed E-state index contributed by atoms with van der Waals surface area (Å²) in [6.07, 6.45) is 3.14. The third kappa shape index (κ3) is 3.41. The molecule has 2 saturated heterocycles. The average Bonchev–Trinajstić information content (AvgIpc) is 2.70. The SMILES string of the molecule is c1cncc(-c2nc(C3CNCCO3)nc(C3CNCCO3)n2)c1. The van der Waals surface area contributed by atoms with Crippen molar-refractivity contribution in [3.8, 4) is 11.4 Å². The third-order valence-corrected chi connectivity index (χ3v) is 4.02. The van der Waals surface area contributed by atoms with Gasteiger partial charge in [-0.15, -0.1) is 0 Å². The molecule has 0 aromatic carbocycles. The van der Waals surface area contributed by atoms with E-state index in [-0.39, 0.29) is 12.2 Å². The number of rotatable bonds is 3. The van der Waals surface area contributed by atoms with Gasteiger partial charge in [0, 0.05) is 44.1 Å². The Hall–Kier alpha value is -2.00. The van der Waals surface area contributed by atoms with Crippen LogP contribution in [0.1, 0.15) is 23.9 Å². The molecule has 0 spiro atoms. The lowest BCUT2D eigenvalue weighted by Gasteiger charge is -2.25. The summed E-state index contributed by atoms with van der Waals surface area (Å²) in [5.74, 6) is 1.88. The average molecular weight is 328 g/mol. The lowest BCUT2D eigenvalue weighted by molar-refractivity contribution is 0.0141. The topological polar surface area (TPSA) is 94.1 Å². The van der Waals surface area contributed by atoms with Crippen LogP contribution in [0.2, 0.25) is 0 Å². The molecule has 2 aliphatic rings. The monoisotopic (exact) mass is 328 g/mol. The molecule has 8 nitrogen and oxygen atoms in total. The predicted octanol–water partition coefficient (Wildman–Crippen LogP) is 0.255. The number of nitrogens with one attached hydrogen (secondary N) is 2. The van der Waals surface area contributed by atoms with Gasteiger partial charge in [-0.25, -0.2) is 15.0 Å². The van der Waals surface area contributed by atoms with E-state index in [0.717, 1.165) is 18.7 Å². The van der Waals surface area contributed by atoms with Crippen molar-refractivity contribution in [2.75, 3.05) is 39.4 Å². The number of pyridine rings is 1. The van der Waals surface area contributed by atoms with Gasteiger partial charge in [0.25, 0.3) is 0 Å². The summed E-state index contributed by atoms with van der Waals surface area (Å²) in [5.41, 5.74) is 0.856. The summed E-state index contributed by atoms with van der Waals surface area (Å²) >= 11 is 0. The second-order valence-electron chi connectivity index (χ2n) is 5.74. The third-order valence-electron chi connectivity index (χ3n) is 4.02. The fourth-order valence-corrected chi connectivity index (χ4v) is 2.78. The molecule has 8 heteroatoms. The van der Waals surface area contributed by atoms with Crippen molar-refractivity contribution in [1.82, 2.24) is 30.6 Å². The molecule has 0 saturated carbocycles. The standard InChI is InChI=1S/C16H20N6O2/c1-2-11(8-17-3-1)14-20-15(12-9-18-4-6-23-12)22-16(21-14)13-10-19-5-7-24-13/h1-3,8,12-13,18-19H,4-7,9-10H2. The molecule has 4 rings (SSSR count). The molecule has 2 unspecified atom stereocenters. The smallest absolute Gasteiger partial charge is 0.165 e. The number of hydrogen-bond acceptors (Lipinski definition) is 8. The summed E-state index contributed by atoms with van der Waals surface area (Å²) in [4.78, 5) is 18.0. The zero-order valence-corrected chi connectivity index (χ0v) is 13.3. The van der Waals surface area contributed by atoms with Crippen LogP contribution in [0, 0.1) is 0 Å². The highest BCUT2D eigenvalue weighted by molar-refractivity contribution is 5.52. The Bertz CT molecular complexity index is 635. The zero-order valence-electron chi connectivity index (χ0n) is 13.3. The first-order valence-corrected chi connectivity index (χ1v) is 8.21. The molecule has 0 radical (unpaired) electrons. The Morgan fingerprint density at radius 1 is 0.917 bits per heavy atom. The normalized spacial score (nSPS) is 24.7. The summed E-state index contributed by atoms with van der Waals surface area (Å²) in [7, 11) is 0. The first-order chi connectivity index (χ1) is 11.9. The quantitative estimate of drug-likeness (QED) is 0.828. The van der Waals surface area contributed by atoms with E-state index in [1.54, 1.807) is 12.4 Å². The Morgan fingerprint density at radius 3 is 2.08 bits per heavy atom. The van der Waals surface area contributed by atoms with E-state index in [1.807, 2.05) is 12.1 Å². The Balaban J connectivity index is 1.72. The van der Waals surface area contributed by atoms with Crippen molar-refractivity contribution in [2.24, 2.45) is 0 Å². The van der Waals surface area contributed by atoms with Crippen molar-refractivity contribution in [3.05, 3.63) is 36.2 Å². The van der Waals surface area contributed by atoms with E-state index in [4.69, 9.17) is 9.47 Å². The van der Waals surface area contributed by atoms with E-state index in [0.29, 0.717) is 43.8 Å². The van der Waals surface area contributed by atoms with Crippen LogP contribution in [0.5, 0.6) is 0 Å². The molecule has 0 amide bonds. The van der Waals surface area contributed by atoms with Crippen LogP contribution in [0.25, 0.3) is 11.4 Å². The van der Waals surface area contributed by atoms with Crippen molar-refractivity contribution >= 4 is 0 Å². The second-order valence-corrected chi connectivity index (χ2v) is 5.74. The van der Waals surface area contributed by atoms with Gasteiger partial charge >= 0.3 is 0 Å². The Kier molecular flexibility index (Phi) is 4.70. The van der Waals surface area contributed by atoms with E-state index >= 15 is 0 Å². The highest BCUT2D eigenvalue weighted by Gasteiger charge is 2.25. The van der Waals surface area contributed by atoms with E-state index in [2.05, 4.69) is 30.6 Å². The fourth-order valence-electron chi connectivity index (χ4n) is 2.78. The molecule has 2 aromatic rings. The summed E-state index contributed by atoms with van der Waals surface area (Å²) in [6, 6.07) is 3.81. The molecule has 0 bridgehead atoms. The van der Waals surface area contributed by atoms with Gasteiger partial charge in [0.2, 0.25) is 0 Å². The van der Waals surface area contributed by atoms with Gasteiger partial charge in [-0.3, -0.25) is 4.98 Å². The number of aromatic nitrogens is 4. The van der Waals surface area contributed by atoms with Crippen molar-refractivity contribution in [3.63, 3.8) is 0 Å². The molecule has 2 atom stereocenters. The minimum absolute atomic E-state index is 0.174. The molecular weight excluding hydrogens is 308 g/mol. The maximum absolute atomic E-state index is 5.81. The molecular formula is C16H20N6O2. The molecule has 2 fully saturated rings. The molecule has 4 heterocycles. The van der Waals surface area contributed by atoms with Crippen molar-refractivity contribution < 1.29 is 9.47 Å². The summed E-state index contributed by atoms with van der Waals surface area (Å²) in [6.45, 7) is 4.38. The Morgan fingerprint density at radius 2 is 1.58 bits per heavy atom. The number of morpholine rings is 2. The van der Waals surface area contributed by atoms with Crippen molar-refractivity contribution in [1.29, 1.82) is 0 Å². The molecule has 2 aliphatic heterocycles. The van der Waals surface area contributed by atoms with Crippen LogP contribution >= 0.6 is 0 Å². The van der Waals surface area contributed by atoms with Crippen LogP contribution in [-0.4, -0.2) is 59.3 Å². The predicted molar refractivity (Wildman–Crippen MR) is 86.2 cm³/mol. The second kappa shape index (κ2) is 7.27. The highest BCUT2D eigenvalue weighted by atomic mass is 16.5. The van der Waals surface area contributed by atoms with Gasteiger partial charge < -0.3 is 20.1 Å². The van der Waals surface area contributed by atoms with Crippen LogP contribution in [0.4, 0.5) is 0 Å². The van der Waals surface area contributed by atoms with Gasteiger partial charge in [-0.1, -0.05) is 0 Å². The lowest BCUT2D eigenvalue weighted by atomic mass is 10.2. The maximum atomic E-state index is 5.81. The van der Waals surface area contributed by atoms with Crippen LogP contribution in [0.3, 0.4) is 0 Å². The fraction of sp³-hybridized carbons (Fsp3) is 0.500. The molecule has 126 valence electrons. The summed E-state index contributed by atoms with van der Waals surface area (Å²) in [5, 5.41) is 6.62. The molecule has 0 aliphatic carbocycles. The number of ether oxygens (including phenoxy) is 2. The van der Waals surface area contributed by atoms with Crippen LogP contribution in [-0.2, 0) is 9.47 Å². The first-order valence-electron chi connectivity index (χ1n) is 8.21. The number of hydrogen-bond donors (Lipinski definition) is 2. The lowest BCUT2D eigenvalue weighted by Crippen LogP contribution is -2.36. The minimum atomic E-state index is -0.174. The Labute approximate surface area is 140 Å². The number of nitrogens with zero attached hydrogens (tertiary/aromatic N) is 4. The molecule has 2 N–H and O–H groups in total. The zero-order chi connectivity index (χ0) is 16.2. The van der Waals surface area contributed by atoms with Crippen LogP contribution in [0.15, 0.2) is 24.5 Å². The van der Waals surface area contributed by atoms with Gasteiger partial charge in [0.05, 0.1) is 13.2 Å².